The molecule has 1 aromatic carbocycles. The number of rotatable bonds is 4. The molecular weight excluding hydrogens is 346 g/mol. The number of piperidine rings is 1. The Kier molecular flexibility index (Phi) is 4.70. The highest BCUT2D eigenvalue weighted by Crippen LogP contribution is 2.37. The van der Waals surface area contributed by atoms with E-state index < -0.39 is 5.97 Å². The molecule has 1 N–H and O–H groups in total. The maximum absolute atomic E-state index is 11.3. The standard InChI is InChI=1S/C20H21N3O2S/c1-13-12-21-9-6-15(13)18(23-10-7-14(8-11-23)20(24)25)19-22-16-4-2-3-5-17(16)26-19/h2-6,9,12,14,18H,7-8,10-11H2,1H3,(H,24,25). The van der Waals surface area contributed by atoms with Crippen molar-refractivity contribution < 1.29 is 9.90 Å². The molecule has 1 aliphatic heterocycles. The Hall–Kier alpha value is -2.31. The number of fused-ring (bicyclic) bond motifs is 1. The van der Waals surface area contributed by atoms with Crippen molar-refractivity contribution in [3.63, 3.8) is 0 Å². The van der Waals surface area contributed by atoms with Crippen LogP contribution in [-0.4, -0.2) is 39.0 Å². The number of pyridine rings is 1. The number of carboxylic acid groups (broad SMARTS) is 1. The van der Waals surface area contributed by atoms with E-state index in [-0.39, 0.29) is 12.0 Å². The van der Waals surface area contributed by atoms with Gasteiger partial charge in [0.25, 0.3) is 0 Å². The van der Waals surface area contributed by atoms with Gasteiger partial charge in [-0.25, -0.2) is 4.98 Å². The van der Waals surface area contributed by atoms with Crippen LogP contribution < -0.4 is 0 Å². The summed E-state index contributed by atoms with van der Waals surface area (Å²) in [5.74, 6) is -0.915. The molecule has 2 aromatic heterocycles. The Morgan fingerprint density at radius 3 is 2.73 bits per heavy atom. The first kappa shape index (κ1) is 17.1. The van der Waals surface area contributed by atoms with Gasteiger partial charge < -0.3 is 5.11 Å². The molecule has 4 rings (SSSR count). The quantitative estimate of drug-likeness (QED) is 0.758. The van der Waals surface area contributed by atoms with Crippen molar-refractivity contribution in [2.45, 2.75) is 25.8 Å². The van der Waals surface area contributed by atoms with E-state index in [2.05, 4.69) is 28.9 Å². The van der Waals surface area contributed by atoms with Crippen molar-refractivity contribution >= 4 is 27.5 Å². The summed E-state index contributed by atoms with van der Waals surface area (Å²) in [4.78, 5) is 22.8. The van der Waals surface area contributed by atoms with Gasteiger partial charge in [-0.15, -0.1) is 11.3 Å². The lowest BCUT2D eigenvalue weighted by Crippen LogP contribution is -2.39. The number of hydrogen-bond acceptors (Lipinski definition) is 5. The highest BCUT2D eigenvalue weighted by molar-refractivity contribution is 7.18. The number of aryl methyl sites for hydroxylation is 1. The smallest absolute Gasteiger partial charge is 0.306 e. The zero-order chi connectivity index (χ0) is 18.1. The zero-order valence-corrected chi connectivity index (χ0v) is 15.4. The van der Waals surface area contributed by atoms with Gasteiger partial charge in [0.1, 0.15) is 5.01 Å². The third-order valence-electron chi connectivity index (χ3n) is 5.15. The number of aliphatic carboxylic acids is 1. The van der Waals surface area contributed by atoms with Crippen molar-refractivity contribution in [3.8, 4) is 0 Å². The monoisotopic (exact) mass is 367 g/mol. The van der Waals surface area contributed by atoms with Crippen LogP contribution in [0.1, 0.15) is 35.0 Å². The molecule has 6 heteroatoms. The molecule has 0 bridgehead atoms. The zero-order valence-electron chi connectivity index (χ0n) is 14.6. The fourth-order valence-corrected chi connectivity index (χ4v) is 4.81. The molecule has 0 radical (unpaired) electrons. The number of carbonyl (C=O) groups is 1. The van der Waals surface area contributed by atoms with Crippen molar-refractivity contribution in [1.82, 2.24) is 14.9 Å². The second-order valence-corrected chi connectivity index (χ2v) is 7.87. The van der Waals surface area contributed by atoms with E-state index in [1.165, 1.54) is 10.3 Å². The molecule has 1 aliphatic rings. The molecule has 3 heterocycles. The Bertz CT molecular complexity index is 898. The fraction of sp³-hybridized carbons (Fsp3) is 0.350. The van der Waals surface area contributed by atoms with E-state index >= 15 is 0 Å². The minimum Gasteiger partial charge on any atom is -0.481 e. The molecule has 0 aliphatic carbocycles. The summed E-state index contributed by atoms with van der Waals surface area (Å²) < 4.78 is 1.18. The first-order chi connectivity index (χ1) is 12.6. The molecule has 1 atom stereocenters. The van der Waals surface area contributed by atoms with E-state index in [1.807, 2.05) is 30.6 Å². The van der Waals surface area contributed by atoms with E-state index in [0.29, 0.717) is 12.8 Å². The molecule has 26 heavy (non-hydrogen) atoms. The van der Waals surface area contributed by atoms with Crippen LogP contribution in [0.3, 0.4) is 0 Å². The maximum Gasteiger partial charge on any atom is 0.306 e. The SMILES string of the molecule is Cc1cnccc1C(c1nc2ccccc2s1)N1CCC(C(=O)O)CC1. The lowest BCUT2D eigenvalue weighted by atomic mass is 9.93. The van der Waals surface area contributed by atoms with E-state index in [9.17, 15) is 9.90 Å². The average Bonchev–Trinajstić information content (AvgIpc) is 3.07. The number of likely N-dealkylation sites (tertiary alicyclic amines) is 1. The van der Waals surface area contributed by atoms with Crippen molar-refractivity contribution in [1.29, 1.82) is 0 Å². The van der Waals surface area contributed by atoms with Crippen LogP contribution in [0, 0.1) is 12.8 Å². The second-order valence-electron chi connectivity index (χ2n) is 6.80. The Balaban J connectivity index is 1.73. The third-order valence-corrected chi connectivity index (χ3v) is 6.24. The van der Waals surface area contributed by atoms with Gasteiger partial charge in [0, 0.05) is 12.4 Å². The Morgan fingerprint density at radius 1 is 1.27 bits per heavy atom. The van der Waals surface area contributed by atoms with Crippen LogP contribution >= 0.6 is 11.3 Å². The average molecular weight is 367 g/mol. The van der Waals surface area contributed by atoms with E-state index in [0.717, 1.165) is 29.2 Å². The largest absolute Gasteiger partial charge is 0.481 e. The summed E-state index contributed by atoms with van der Waals surface area (Å²) >= 11 is 1.72. The van der Waals surface area contributed by atoms with Crippen molar-refractivity contribution in [3.05, 3.63) is 58.9 Å². The normalized spacial score (nSPS) is 17.4. The molecular formula is C20H21N3O2S. The van der Waals surface area contributed by atoms with Gasteiger partial charge in [-0.05, 0) is 62.2 Å². The number of hydrogen-bond donors (Lipinski definition) is 1. The van der Waals surface area contributed by atoms with Crippen LogP contribution in [0.15, 0.2) is 42.7 Å². The van der Waals surface area contributed by atoms with Gasteiger partial charge in [-0.3, -0.25) is 14.7 Å². The van der Waals surface area contributed by atoms with Crippen LogP contribution in [0.2, 0.25) is 0 Å². The van der Waals surface area contributed by atoms with E-state index in [4.69, 9.17) is 4.98 Å². The minimum atomic E-state index is -0.679. The van der Waals surface area contributed by atoms with Crippen molar-refractivity contribution in [2.24, 2.45) is 5.92 Å². The number of para-hydroxylation sites is 1. The molecule has 1 fully saturated rings. The maximum atomic E-state index is 11.3. The number of benzene rings is 1. The molecule has 0 amide bonds. The Labute approximate surface area is 156 Å². The van der Waals surface area contributed by atoms with Gasteiger partial charge in [-0.2, -0.15) is 0 Å². The lowest BCUT2D eigenvalue weighted by molar-refractivity contribution is -0.143. The van der Waals surface area contributed by atoms with Crippen LogP contribution in [-0.2, 0) is 4.79 Å². The highest BCUT2D eigenvalue weighted by Gasteiger charge is 2.32. The molecule has 1 unspecified atom stereocenters. The van der Waals surface area contributed by atoms with Gasteiger partial charge in [-0.1, -0.05) is 12.1 Å². The molecule has 5 nitrogen and oxygen atoms in total. The predicted molar refractivity (Wildman–Crippen MR) is 102 cm³/mol. The summed E-state index contributed by atoms with van der Waals surface area (Å²) in [5, 5.41) is 10.4. The lowest BCUT2D eigenvalue weighted by Gasteiger charge is -2.36. The number of thiazole rings is 1. The number of carboxylic acids is 1. The summed E-state index contributed by atoms with van der Waals surface area (Å²) in [6, 6.07) is 10.3. The van der Waals surface area contributed by atoms with Gasteiger partial charge in [0.05, 0.1) is 22.2 Å². The van der Waals surface area contributed by atoms with Crippen LogP contribution in [0.5, 0.6) is 0 Å². The van der Waals surface area contributed by atoms with Crippen LogP contribution in [0.25, 0.3) is 10.2 Å². The van der Waals surface area contributed by atoms with Gasteiger partial charge in [0.2, 0.25) is 0 Å². The molecule has 134 valence electrons. The minimum absolute atomic E-state index is 0.0464. The van der Waals surface area contributed by atoms with Crippen LogP contribution in [0.4, 0.5) is 0 Å². The highest BCUT2D eigenvalue weighted by atomic mass is 32.1. The molecule has 3 aromatic rings. The second kappa shape index (κ2) is 7.13. The van der Waals surface area contributed by atoms with Gasteiger partial charge >= 0.3 is 5.97 Å². The molecule has 0 saturated carbocycles. The fourth-order valence-electron chi connectivity index (χ4n) is 3.69. The summed E-state index contributed by atoms with van der Waals surface area (Å²) in [7, 11) is 0. The summed E-state index contributed by atoms with van der Waals surface area (Å²) in [6.07, 6.45) is 5.08. The summed E-state index contributed by atoms with van der Waals surface area (Å²) in [6.45, 7) is 3.60. The summed E-state index contributed by atoms with van der Waals surface area (Å²) in [5.41, 5.74) is 3.36. The number of aromatic nitrogens is 2. The predicted octanol–water partition coefficient (Wildman–Crippen LogP) is 3.89. The topological polar surface area (TPSA) is 66.3 Å². The molecule has 1 saturated heterocycles. The number of nitrogens with zero attached hydrogens (tertiary/aromatic N) is 3. The first-order valence-corrected chi connectivity index (χ1v) is 9.68. The van der Waals surface area contributed by atoms with E-state index in [1.54, 1.807) is 11.3 Å². The molecule has 0 spiro atoms. The van der Waals surface area contributed by atoms with Gasteiger partial charge in [0.15, 0.2) is 0 Å². The first-order valence-electron chi connectivity index (χ1n) is 8.86. The third kappa shape index (κ3) is 3.22. The Morgan fingerprint density at radius 2 is 2.04 bits per heavy atom. The van der Waals surface area contributed by atoms with Crippen molar-refractivity contribution in [2.75, 3.05) is 13.1 Å².